The summed E-state index contributed by atoms with van der Waals surface area (Å²) in [5.41, 5.74) is 4.31. The minimum atomic E-state index is 0.0716. The Bertz CT molecular complexity index is 902. The van der Waals surface area contributed by atoms with Crippen LogP contribution in [0.1, 0.15) is 38.3 Å². The van der Waals surface area contributed by atoms with Crippen molar-refractivity contribution >= 4 is 11.0 Å². The maximum absolute atomic E-state index is 5.83. The van der Waals surface area contributed by atoms with Crippen LogP contribution >= 0.6 is 0 Å². The topological polar surface area (TPSA) is 56.9 Å². The van der Waals surface area contributed by atoms with Crippen molar-refractivity contribution in [3.05, 3.63) is 36.8 Å². The summed E-state index contributed by atoms with van der Waals surface area (Å²) in [6.07, 6.45) is 12.1. The van der Waals surface area contributed by atoms with Gasteiger partial charge in [-0.3, -0.25) is 0 Å². The zero-order valence-corrected chi connectivity index (χ0v) is 15.7. The van der Waals surface area contributed by atoms with E-state index in [0.29, 0.717) is 0 Å². The van der Waals surface area contributed by atoms with Gasteiger partial charge in [0.1, 0.15) is 6.23 Å². The Morgan fingerprint density at radius 3 is 2.89 bits per heavy atom. The number of hydrogen-bond donors (Lipinski definition) is 1. The lowest BCUT2D eigenvalue weighted by atomic mass is 9.98. The van der Waals surface area contributed by atoms with Crippen molar-refractivity contribution in [1.82, 2.24) is 24.6 Å². The molecule has 0 aliphatic carbocycles. The normalized spacial score (nSPS) is 21.7. The van der Waals surface area contributed by atoms with Crippen LogP contribution in [0.3, 0.4) is 0 Å². The van der Waals surface area contributed by atoms with Gasteiger partial charge in [0, 0.05) is 31.1 Å². The second-order valence-electron chi connectivity index (χ2n) is 7.79. The second-order valence-corrected chi connectivity index (χ2v) is 7.79. The summed E-state index contributed by atoms with van der Waals surface area (Å²) in [6, 6.07) is 6.45. The van der Waals surface area contributed by atoms with E-state index < -0.39 is 0 Å². The van der Waals surface area contributed by atoms with Crippen molar-refractivity contribution in [2.75, 3.05) is 19.7 Å². The minimum Gasteiger partial charge on any atom is -0.357 e. The van der Waals surface area contributed by atoms with Gasteiger partial charge in [0.25, 0.3) is 0 Å². The molecule has 0 spiro atoms. The first kappa shape index (κ1) is 17.0. The van der Waals surface area contributed by atoms with Gasteiger partial charge in [-0.25, -0.2) is 9.67 Å². The minimum absolute atomic E-state index is 0.0716. The van der Waals surface area contributed by atoms with E-state index in [1.807, 2.05) is 10.9 Å². The molecule has 1 N–H and O–H groups in total. The first-order chi connectivity index (χ1) is 13.4. The number of pyridine rings is 1. The highest BCUT2D eigenvalue weighted by molar-refractivity contribution is 5.79. The Labute approximate surface area is 159 Å². The van der Waals surface area contributed by atoms with E-state index in [4.69, 9.17) is 9.72 Å². The van der Waals surface area contributed by atoms with Gasteiger partial charge in [-0.15, -0.1) is 0 Å². The summed E-state index contributed by atoms with van der Waals surface area (Å²) in [4.78, 5) is 4.89. The molecular weight excluding hydrogens is 338 g/mol. The van der Waals surface area contributed by atoms with Crippen LogP contribution in [0, 0.1) is 5.92 Å². The molecule has 1 unspecified atom stereocenters. The molecule has 2 fully saturated rings. The number of piperidine rings is 1. The number of rotatable bonds is 4. The van der Waals surface area contributed by atoms with Gasteiger partial charge < -0.3 is 14.6 Å². The zero-order valence-electron chi connectivity index (χ0n) is 15.7. The molecule has 5 rings (SSSR count). The van der Waals surface area contributed by atoms with Gasteiger partial charge in [0.2, 0.25) is 0 Å². The number of ether oxygens (including phenoxy) is 1. The predicted octanol–water partition coefficient (Wildman–Crippen LogP) is 3.60. The molecule has 2 aliphatic heterocycles. The van der Waals surface area contributed by atoms with Crippen LogP contribution in [0.5, 0.6) is 0 Å². The van der Waals surface area contributed by atoms with Crippen molar-refractivity contribution in [2.24, 2.45) is 5.92 Å². The average Bonchev–Trinajstić information content (AvgIpc) is 3.37. The molecule has 6 nitrogen and oxygen atoms in total. The summed E-state index contributed by atoms with van der Waals surface area (Å²) in [5, 5.41) is 7.96. The standard InChI is InChI=1S/C21H27N5O/c1-2-12-27-21(3-1)26-15-17(13-23-26)18-4-5-20-19(24-18)8-11-25(20)14-16-6-9-22-10-7-16/h4-5,8,11,13,15-16,21-22H,1-3,6-7,9-10,12,14H2. The third kappa shape index (κ3) is 3.51. The number of aromatic nitrogens is 4. The molecule has 0 radical (unpaired) electrons. The van der Waals surface area contributed by atoms with Gasteiger partial charge in [0.15, 0.2) is 0 Å². The Hall–Kier alpha value is -2.18. The Morgan fingerprint density at radius 1 is 1.11 bits per heavy atom. The first-order valence-electron chi connectivity index (χ1n) is 10.2. The molecule has 27 heavy (non-hydrogen) atoms. The van der Waals surface area contributed by atoms with Gasteiger partial charge in [-0.05, 0) is 69.3 Å². The number of nitrogens with one attached hydrogen (secondary N) is 1. The van der Waals surface area contributed by atoms with E-state index in [2.05, 4.69) is 45.6 Å². The van der Waals surface area contributed by atoms with Crippen molar-refractivity contribution in [1.29, 1.82) is 0 Å². The maximum Gasteiger partial charge on any atom is 0.150 e. The average molecular weight is 365 g/mol. The summed E-state index contributed by atoms with van der Waals surface area (Å²) in [5.74, 6) is 0.759. The van der Waals surface area contributed by atoms with E-state index in [9.17, 15) is 0 Å². The fraction of sp³-hybridized carbons (Fsp3) is 0.524. The molecule has 5 heterocycles. The molecule has 6 heteroatoms. The lowest BCUT2D eigenvalue weighted by molar-refractivity contribution is -0.0394. The van der Waals surface area contributed by atoms with E-state index in [0.717, 1.165) is 61.8 Å². The Kier molecular flexibility index (Phi) is 4.67. The fourth-order valence-electron chi connectivity index (χ4n) is 4.30. The molecule has 0 amide bonds. The van der Waals surface area contributed by atoms with E-state index in [-0.39, 0.29) is 6.23 Å². The van der Waals surface area contributed by atoms with Crippen LogP contribution in [0.2, 0.25) is 0 Å². The number of fused-ring (bicyclic) bond motifs is 1. The van der Waals surface area contributed by atoms with Gasteiger partial charge in [-0.2, -0.15) is 5.10 Å². The maximum atomic E-state index is 5.83. The molecule has 2 saturated heterocycles. The number of nitrogens with zero attached hydrogens (tertiary/aromatic N) is 4. The lowest BCUT2D eigenvalue weighted by Gasteiger charge is -2.23. The molecular formula is C21H27N5O. The molecule has 2 aliphatic rings. The summed E-state index contributed by atoms with van der Waals surface area (Å²) in [7, 11) is 0. The summed E-state index contributed by atoms with van der Waals surface area (Å²) >= 11 is 0. The smallest absolute Gasteiger partial charge is 0.150 e. The van der Waals surface area contributed by atoms with Crippen molar-refractivity contribution in [3.8, 4) is 11.3 Å². The highest BCUT2D eigenvalue weighted by Gasteiger charge is 2.18. The SMILES string of the molecule is c1nn(C2CCCCO2)cc1-c1ccc2c(ccn2CC2CCNCC2)n1. The molecule has 3 aromatic rings. The van der Waals surface area contributed by atoms with Crippen LogP contribution in [0.25, 0.3) is 22.3 Å². The monoisotopic (exact) mass is 365 g/mol. The van der Waals surface area contributed by atoms with E-state index >= 15 is 0 Å². The van der Waals surface area contributed by atoms with E-state index in [1.165, 1.54) is 24.8 Å². The second kappa shape index (κ2) is 7.44. The predicted molar refractivity (Wildman–Crippen MR) is 105 cm³/mol. The molecule has 0 aromatic carbocycles. The highest BCUT2D eigenvalue weighted by Crippen LogP contribution is 2.26. The van der Waals surface area contributed by atoms with Gasteiger partial charge in [-0.1, -0.05) is 0 Å². The third-order valence-corrected chi connectivity index (χ3v) is 5.89. The quantitative estimate of drug-likeness (QED) is 0.767. The van der Waals surface area contributed by atoms with Crippen LogP contribution in [-0.4, -0.2) is 39.0 Å². The van der Waals surface area contributed by atoms with Gasteiger partial charge in [0.05, 0.1) is 22.9 Å². The van der Waals surface area contributed by atoms with E-state index in [1.54, 1.807) is 0 Å². The van der Waals surface area contributed by atoms with Crippen LogP contribution in [0.15, 0.2) is 36.8 Å². The van der Waals surface area contributed by atoms with Crippen LogP contribution in [0.4, 0.5) is 0 Å². The first-order valence-corrected chi connectivity index (χ1v) is 10.2. The lowest BCUT2D eigenvalue weighted by Crippen LogP contribution is -2.29. The molecule has 142 valence electrons. The largest absolute Gasteiger partial charge is 0.357 e. The third-order valence-electron chi connectivity index (χ3n) is 5.89. The highest BCUT2D eigenvalue weighted by atomic mass is 16.5. The fourth-order valence-corrected chi connectivity index (χ4v) is 4.30. The Morgan fingerprint density at radius 2 is 2.04 bits per heavy atom. The summed E-state index contributed by atoms with van der Waals surface area (Å²) in [6.45, 7) is 4.19. The van der Waals surface area contributed by atoms with Crippen LogP contribution in [-0.2, 0) is 11.3 Å². The van der Waals surface area contributed by atoms with Gasteiger partial charge >= 0.3 is 0 Å². The number of hydrogen-bond acceptors (Lipinski definition) is 4. The molecule has 1 atom stereocenters. The zero-order chi connectivity index (χ0) is 18.1. The molecule has 0 saturated carbocycles. The molecule has 0 bridgehead atoms. The van der Waals surface area contributed by atoms with Crippen LogP contribution < -0.4 is 5.32 Å². The van der Waals surface area contributed by atoms with Crippen molar-refractivity contribution < 1.29 is 4.74 Å². The molecule has 3 aromatic heterocycles. The summed E-state index contributed by atoms with van der Waals surface area (Å²) < 4.78 is 10.1. The van der Waals surface area contributed by atoms with Crippen molar-refractivity contribution in [2.45, 2.75) is 44.9 Å². The van der Waals surface area contributed by atoms with Crippen molar-refractivity contribution in [3.63, 3.8) is 0 Å². The Balaban J connectivity index is 1.36.